The predicted octanol–water partition coefficient (Wildman–Crippen LogP) is 2.97. The average molecular weight is 559 g/mol. The third-order valence-electron chi connectivity index (χ3n) is 6.38. The van der Waals surface area contributed by atoms with Crippen LogP contribution in [0.3, 0.4) is 0 Å². The molecule has 0 bridgehead atoms. The molecular formula is C25H31ClN8O3S. The number of benzene rings is 1. The van der Waals surface area contributed by atoms with E-state index in [-0.39, 0.29) is 12.5 Å². The zero-order chi connectivity index (χ0) is 27.4. The van der Waals surface area contributed by atoms with E-state index in [9.17, 15) is 13.2 Å². The first kappa shape index (κ1) is 27.6. The Morgan fingerprint density at radius 3 is 2.61 bits per heavy atom. The van der Waals surface area contributed by atoms with Gasteiger partial charge in [0.2, 0.25) is 16.0 Å². The van der Waals surface area contributed by atoms with Crippen molar-refractivity contribution in [3.8, 4) is 0 Å². The highest BCUT2D eigenvalue weighted by Crippen LogP contribution is 2.26. The van der Waals surface area contributed by atoms with Crippen molar-refractivity contribution < 1.29 is 13.2 Å². The zero-order valence-corrected chi connectivity index (χ0v) is 23.3. The number of aryl methyl sites for hydroxylation is 1. The Morgan fingerprint density at radius 2 is 1.89 bits per heavy atom. The Balaban J connectivity index is 1.51. The van der Waals surface area contributed by atoms with E-state index in [2.05, 4.69) is 37.5 Å². The van der Waals surface area contributed by atoms with Gasteiger partial charge in [0.1, 0.15) is 10.8 Å². The first-order chi connectivity index (χ1) is 18.0. The zero-order valence-electron chi connectivity index (χ0n) is 21.8. The lowest BCUT2D eigenvalue weighted by Gasteiger charge is -2.32. The molecule has 202 valence electrons. The molecule has 1 fully saturated rings. The minimum Gasteiger partial charge on any atom is -0.364 e. The Hall–Kier alpha value is -3.48. The lowest BCUT2D eigenvalue weighted by Crippen LogP contribution is -2.47. The topological polar surface area (TPSA) is 124 Å². The van der Waals surface area contributed by atoms with Crippen LogP contribution >= 0.6 is 11.6 Å². The van der Waals surface area contributed by atoms with Gasteiger partial charge in [0.15, 0.2) is 5.82 Å². The number of rotatable bonds is 8. The van der Waals surface area contributed by atoms with Crippen LogP contribution in [0.25, 0.3) is 0 Å². The summed E-state index contributed by atoms with van der Waals surface area (Å²) in [7, 11) is 0.0183. The van der Waals surface area contributed by atoms with E-state index in [0.29, 0.717) is 52.5 Å². The molecule has 0 radical (unpaired) electrons. The predicted molar refractivity (Wildman–Crippen MR) is 150 cm³/mol. The number of anilines is 4. The number of nitrogens with one attached hydrogen (secondary N) is 2. The summed E-state index contributed by atoms with van der Waals surface area (Å²) in [5.41, 5.74) is 2.88. The fourth-order valence-electron chi connectivity index (χ4n) is 3.94. The van der Waals surface area contributed by atoms with Crippen molar-refractivity contribution in [3.63, 3.8) is 0 Å². The van der Waals surface area contributed by atoms with Crippen molar-refractivity contribution in [1.29, 1.82) is 0 Å². The minimum atomic E-state index is -3.48. The molecule has 0 unspecified atom stereocenters. The molecule has 1 saturated heterocycles. The summed E-state index contributed by atoms with van der Waals surface area (Å²) < 4.78 is 25.2. The van der Waals surface area contributed by atoms with E-state index in [1.807, 2.05) is 30.0 Å². The number of halogens is 1. The summed E-state index contributed by atoms with van der Waals surface area (Å²) in [6.07, 6.45) is 4.12. The molecule has 1 amide bonds. The largest absolute Gasteiger partial charge is 0.364 e. The number of carbonyl (C=O) groups is 1. The molecule has 3 aromatic rings. The smallest absolute Gasteiger partial charge is 0.254 e. The number of nitrogens with zero attached hydrogens (tertiary/aromatic N) is 6. The van der Waals surface area contributed by atoms with Gasteiger partial charge in [0, 0.05) is 62.8 Å². The van der Waals surface area contributed by atoms with Gasteiger partial charge >= 0.3 is 0 Å². The average Bonchev–Trinajstić information content (AvgIpc) is 2.89. The Labute approximate surface area is 227 Å². The van der Waals surface area contributed by atoms with E-state index in [1.54, 1.807) is 12.1 Å². The number of piperazine rings is 1. The summed E-state index contributed by atoms with van der Waals surface area (Å²) in [6, 6.07) is 9.03. The molecule has 0 atom stereocenters. The number of likely N-dealkylation sites (N-methyl/N-ethyl adjacent to an activating group) is 1. The molecule has 2 aromatic heterocycles. The van der Waals surface area contributed by atoms with Crippen LogP contribution in [0.4, 0.5) is 23.3 Å². The Bertz CT molecular complexity index is 1430. The maximum Gasteiger partial charge on any atom is 0.254 e. The maximum atomic E-state index is 13.1. The summed E-state index contributed by atoms with van der Waals surface area (Å²) in [4.78, 5) is 30.1. The van der Waals surface area contributed by atoms with Crippen LogP contribution in [0.2, 0.25) is 5.02 Å². The van der Waals surface area contributed by atoms with Gasteiger partial charge in [-0.1, -0.05) is 23.7 Å². The molecule has 38 heavy (non-hydrogen) atoms. The fourth-order valence-corrected chi connectivity index (χ4v) is 4.58. The van der Waals surface area contributed by atoms with Gasteiger partial charge in [-0.3, -0.25) is 9.10 Å². The molecular weight excluding hydrogens is 528 g/mol. The molecule has 0 saturated carbocycles. The van der Waals surface area contributed by atoms with Crippen LogP contribution in [0.1, 0.15) is 21.5 Å². The van der Waals surface area contributed by atoms with Crippen molar-refractivity contribution in [2.24, 2.45) is 0 Å². The number of sulfonamides is 1. The number of amides is 1. The molecule has 4 rings (SSSR count). The van der Waals surface area contributed by atoms with Crippen molar-refractivity contribution in [3.05, 3.63) is 64.4 Å². The summed E-state index contributed by atoms with van der Waals surface area (Å²) in [5, 5.41) is 6.64. The molecule has 11 nitrogen and oxygen atoms in total. The van der Waals surface area contributed by atoms with Crippen LogP contribution in [0, 0.1) is 6.92 Å². The highest BCUT2D eigenvalue weighted by Gasteiger charge is 2.21. The molecule has 1 aliphatic rings. The molecule has 13 heteroatoms. The molecule has 1 aliphatic heterocycles. The molecule has 0 spiro atoms. The summed E-state index contributed by atoms with van der Waals surface area (Å²) in [5.74, 6) is 0.961. The third-order valence-corrected chi connectivity index (χ3v) is 7.82. The normalized spacial score (nSPS) is 14.3. The monoisotopic (exact) mass is 558 g/mol. The number of hydrogen-bond acceptors (Lipinski definition) is 9. The van der Waals surface area contributed by atoms with Crippen molar-refractivity contribution >= 4 is 50.8 Å². The van der Waals surface area contributed by atoms with Crippen LogP contribution in [-0.2, 0) is 16.6 Å². The van der Waals surface area contributed by atoms with Gasteiger partial charge in [-0.25, -0.2) is 18.4 Å². The van der Waals surface area contributed by atoms with E-state index < -0.39 is 10.0 Å². The van der Waals surface area contributed by atoms with Crippen LogP contribution in [0.5, 0.6) is 0 Å². The second-order valence-corrected chi connectivity index (χ2v) is 11.6. The van der Waals surface area contributed by atoms with E-state index in [0.717, 1.165) is 29.2 Å². The van der Waals surface area contributed by atoms with Crippen molar-refractivity contribution in [1.82, 2.24) is 24.8 Å². The van der Waals surface area contributed by atoms with Crippen LogP contribution in [0.15, 0.2) is 42.7 Å². The quantitative estimate of drug-likeness (QED) is 0.429. The van der Waals surface area contributed by atoms with Gasteiger partial charge in [-0.2, -0.15) is 4.98 Å². The van der Waals surface area contributed by atoms with E-state index in [1.165, 1.54) is 19.4 Å². The lowest BCUT2D eigenvalue weighted by molar-refractivity contribution is 0.0664. The fraction of sp³-hybridized carbons (Fsp3) is 0.360. The molecule has 1 aromatic carbocycles. The summed E-state index contributed by atoms with van der Waals surface area (Å²) >= 11 is 6.34. The van der Waals surface area contributed by atoms with Gasteiger partial charge in [0.25, 0.3) is 5.91 Å². The third kappa shape index (κ3) is 6.50. The molecule has 3 heterocycles. The minimum absolute atomic E-state index is 0.00753. The molecule has 0 aliphatic carbocycles. The first-order valence-corrected chi connectivity index (χ1v) is 14.3. The Morgan fingerprint density at radius 1 is 1.16 bits per heavy atom. The highest BCUT2D eigenvalue weighted by molar-refractivity contribution is 7.92. The Kier molecular flexibility index (Phi) is 8.34. The lowest BCUT2D eigenvalue weighted by atomic mass is 10.1. The first-order valence-electron chi connectivity index (χ1n) is 12.0. The van der Waals surface area contributed by atoms with Gasteiger partial charge in [0.05, 0.1) is 12.5 Å². The standard InChI is InChI=1S/C25H31ClN8O3S/c1-17-7-8-18(24(35)34-12-10-32(2)11-13-34)14-21(17)30-25-29-16-20(26)22(31-25)28-15-19-6-5-9-27-23(19)33(3)38(4,36)37/h5-9,14,16H,10-13,15H2,1-4H3,(H2,28,29,30,31). The van der Waals surface area contributed by atoms with Crippen molar-refractivity contribution in [2.45, 2.75) is 13.5 Å². The number of carbonyl (C=O) groups excluding carboxylic acids is 1. The molecule has 2 N–H and O–H groups in total. The number of hydrogen-bond donors (Lipinski definition) is 2. The SMILES string of the molecule is Cc1ccc(C(=O)N2CCN(C)CC2)cc1Nc1ncc(Cl)c(NCc2cccnc2N(C)S(C)(=O)=O)n1. The van der Waals surface area contributed by atoms with E-state index in [4.69, 9.17) is 11.6 Å². The second-order valence-electron chi connectivity index (χ2n) is 9.21. The van der Waals surface area contributed by atoms with Gasteiger partial charge < -0.3 is 20.4 Å². The van der Waals surface area contributed by atoms with Gasteiger partial charge in [-0.15, -0.1) is 0 Å². The number of pyridine rings is 1. The van der Waals surface area contributed by atoms with E-state index >= 15 is 0 Å². The van der Waals surface area contributed by atoms with Crippen molar-refractivity contribution in [2.75, 3.05) is 61.5 Å². The second kappa shape index (κ2) is 11.5. The maximum absolute atomic E-state index is 13.1. The van der Waals surface area contributed by atoms with Crippen LogP contribution in [-0.4, -0.2) is 85.6 Å². The summed E-state index contributed by atoms with van der Waals surface area (Å²) in [6.45, 7) is 5.25. The van der Waals surface area contributed by atoms with Gasteiger partial charge in [-0.05, 0) is 37.7 Å². The highest BCUT2D eigenvalue weighted by atomic mass is 35.5. The number of aromatic nitrogens is 3. The van der Waals surface area contributed by atoms with Crippen LogP contribution < -0.4 is 14.9 Å².